The molecule has 0 aliphatic carbocycles. The molecule has 0 unspecified atom stereocenters. The molecule has 0 bridgehead atoms. The average molecular weight is 285 g/mol. The van der Waals surface area contributed by atoms with Gasteiger partial charge in [-0.25, -0.2) is 4.79 Å². The number of hydrogen-bond acceptors (Lipinski definition) is 3. The van der Waals surface area contributed by atoms with E-state index in [1.54, 1.807) is 24.9 Å². The predicted molar refractivity (Wildman–Crippen MR) is 60.3 cm³/mol. The van der Waals surface area contributed by atoms with Crippen LogP contribution in [-0.4, -0.2) is 20.9 Å². The Morgan fingerprint density at radius 2 is 2.31 bits per heavy atom. The Morgan fingerprint density at radius 1 is 1.62 bits per heavy atom. The predicted octanol–water partition coefficient (Wildman–Crippen LogP) is 2.45. The van der Waals surface area contributed by atoms with Crippen molar-refractivity contribution in [1.82, 2.24) is 9.78 Å². The Balaban J connectivity index is 2.61. The van der Waals surface area contributed by atoms with E-state index in [4.69, 9.17) is 9.52 Å². The maximum Gasteiger partial charge on any atom is 0.371 e. The van der Waals surface area contributed by atoms with Crippen LogP contribution in [0.5, 0.6) is 0 Å². The van der Waals surface area contributed by atoms with Gasteiger partial charge in [-0.3, -0.25) is 4.68 Å². The van der Waals surface area contributed by atoms with Gasteiger partial charge in [0.2, 0.25) is 5.76 Å². The van der Waals surface area contributed by atoms with Crippen molar-refractivity contribution >= 4 is 21.9 Å². The highest BCUT2D eigenvalue weighted by Crippen LogP contribution is 2.32. The van der Waals surface area contributed by atoms with Crippen molar-refractivity contribution in [2.75, 3.05) is 0 Å². The molecular formula is C10H9BrN2O3. The number of aryl methyl sites for hydroxylation is 2. The highest BCUT2D eigenvalue weighted by atomic mass is 79.9. The maximum atomic E-state index is 10.8. The summed E-state index contributed by atoms with van der Waals surface area (Å²) in [4.78, 5) is 10.8. The Hall–Kier alpha value is -1.56. The molecule has 2 rings (SSSR count). The lowest BCUT2D eigenvalue weighted by molar-refractivity contribution is 0.0661. The summed E-state index contributed by atoms with van der Waals surface area (Å²) in [5, 5.41) is 12.9. The monoisotopic (exact) mass is 284 g/mol. The van der Waals surface area contributed by atoms with E-state index in [2.05, 4.69) is 21.0 Å². The van der Waals surface area contributed by atoms with Gasteiger partial charge in [0.25, 0.3) is 0 Å². The van der Waals surface area contributed by atoms with Gasteiger partial charge in [-0.2, -0.15) is 5.10 Å². The lowest BCUT2D eigenvalue weighted by Crippen LogP contribution is -1.94. The van der Waals surface area contributed by atoms with E-state index < -0.39 is 5.97 Å². The molecule has 2 aromatic heterocycles. The number of carboxylic acid groups (broad SMARTS) is 1. The van der Waals surface area contributed by atoms with Crippen LogP contribution in [0.15, 0.2) is 21.2 Å². The summed E-state index contributed by atoms with van der Waals surface area (Å²) in [6, 6.07) is 1.50. The summed E-state index contributed by atoms with van der Waals surface area (Å²) >= 11 is 3.36. The van der Waals surface area contributed by atoms with Crippen LogP contribution in [0.4, 0.5) is 0 Å². The fraction of sp³-hybridized carbons (Fsp3) is 0.200. The average Bonchev–Trinajstić information content (AvgIpc) is 2.71. The van der Waals surface area contributed by atoms with Crippen molar-refractivity contribution in [3.63, 3.8) is 0 Å². The highest BCUT2D eigenvalue weighted by Gasteiger charge is 2.18. The van der Waals surface area contributed by atoms with Crippen molar-refractivity contribution in [3.8, 4) is 11.3 Å². The van der Waals surface area contributed by atoms with E-state index in [1.165, 1.54) is 6.07 Å². The SMILES string of the molecule is Cc1oc(C(=O)O)cc1-c1c(Br)cnn1C. The summed E-state index contributed by atoms with van der Waals surface area (Å²) in [5.41, 5.74) is 1.53. The molecule has 1 N–H and O–H groups in total. The van der Waals surface area contributed by atoms with Crippen molar-refractivity contribution in [1.29, 1.82) is 0 Å². The summed E-state index contributed by atoms with van der Waals surface area (Å²) in [5.74, 6) is -0.588. The zero-order valence-corrected chi connectivity index (χ0v) is 10.3. The van der Waals surface area contributed by atoms with E-state index >= 15 is 0 Å². The van der Waals surface area contributed by atoms with Crippen molar-refractivity contribution in [2.45, 2.75) is 6.92 Å². The van der Waals surface area contributed by atoms with Crippen molar-refractivity contribution in [2.24, 2.45) is 7.05 Å². The van der Waals surface area contributed by atoms with E-state index in [1.807, 2.05) is 0 Å². The normalized spacial score (nSPS) is 10.7. The Bertz CT molecular complexity index is 537. The van der Waals surface area contributed by atoms with E-state index in [9.17, 15) is 4.79 Å². The molecule has 0 fully saturated rings. The van der Waals surface area contributed by atoms with Gasteiger partial charge >= 0.3 is 5.97 Å². The number of nitrogens with zero attached hydrogens (tertiary/aromatic N) is 2. The Labute approximate surface area is 99.8 Å². The molecule has 0 aromatic carbocycles. The molecule has 84 valence electrons. The Kier molecular flexibility index (Phi) is 2.59. The minimum absolute atomic E-state index is 0.0689. The van der Waals surface area contributed by atoms with Crippen LogP contribution >= 0.6 is 15.9 Å². The van der Waals surface area contributed by atoms with Gasteiger partial charge in [-0.05, 0) is 22.9 Å². The third-order valence-corrected chi connectivity index (χ3v) is 2.86. The first-order valence-electron chi connectivity index (χ1n) is 4.52. The number of aromatic nitrogens is 2. The van der Waals surface area contributed by atoms with Crippen LogP contribution in [0.2, 0.25) is 0 Å². The van der Waals surface area contributed by atoms with Crippen LogP contribution in [0.25, 0.3) is 11.3 Å². The molecule has 2 aromatic rings. The van der Waals surface area contributed by atoms with Gasteiger partial charge in [0.1, 0.15) is 5.76 Å². The number of rotatable bonds is 2. The van der Waals surface area contributed by atoms with Crippen LogP contribution in [-0.2, 0) is 7.05 Å². The molecule has 0 aliphatic rings. The molecule has 2 heterocycles. The van der Waals surface area contributed by atoms with Gasteiger partial charge in [0, 0.05) is 18.7 Å². The summed E-state index contributed by atoms with van der Waals surface area (Å²) in [6.07, 6.45) is 1.65. The lowest BCUT2D eigenvalue weighted by Gasteiger charge is -2.00. The van der Waals surface area contributed by atoms with Crippen LogP contribution < -0.4 is 0 Å². The minimum atomic E-state index is -1.08. The van der Waals surface area contributed by atoms with Crippen molar-refractivity contribution < 1.29 is 14.3 Å². The summed E-state index contributed by atoms with van der Waals surface area (Å²) in [7, 11) is 1.78. The number of carbonyl (C=O) groups is 1. The number of carboxylic acids is 1. The van der Waals surface area contributed by atoms with Gasteiger partial charge in [0.05, 0.1) is 16.4 Å². The standard InChI is InChI=1S/C10H9BrN2O3/c1-5-6(3-8(16-5)10(14)15)9-7(11)4-12-13(9)2/h3-4H,1-2H3,(H,14,15). The number of aromatic carboxylic acids is 1. The first kappa shape index (κ1) is 10.9. The summed E-state index contributed by atoms with van der Waals surface area (Å²) < 4.78 is 7.61. The molecule has 0 aliphatic heterocycles. The zero-order chi connectivity index (χ0) is 11.9. The fourth-order valence-electron chi connectivity index (χ4n) is 1.54. The number of hydrogen-bond donors (Lipinski definition) is 1. The lowest BCUT2D eigenvalue weighted by atomic mass is 10.2. The molecule has 16 heavy (non-hydrogen) atoms. The second kappa shape index (κ2) is 3.79. The molecule has 0 amide bonds. The molecule has 0 atom stereocenters. The van der Waals surface area contributed by atoms with Gasteiger partial charge in [-0.1, -0.05) is 0 Å². The van der Waals surface area contributed by atoms with E-state index in [-0.39, 0.29) is 5.76 Å². The fourth-order valence-corrected chi connectivity index (χ4v) is 2.10. The molecule has 0 saturated carbocycles. The molecular weight excluding hydrogens is 276 g/mol. The molecule has 0 radical (unpaired) electrons. The highest BCUT2D eigenvalue weighted by molar-refractivity contribution is 9.10. The molecule has 0 saturated heterocycles. The smallest absolute Gasteiger partial charge is 0.371 e. The van der Waals surface area contributed by atoms with Crippen LogP contribution in [0, 0.1) is 6.92 Å². The third-order valence-electron chi connectivity index (χ3n) is 2.28. The van der Waals surface area contributed by atoms with Crippen LogP contribution in [0.1, 0.15) is 16.3 Å². The van der Waals surface area contributed by atoms with Gasteiger partial charge in [-0.15, -0.1) is 0 Å². The van der Waals surface area contributed by atoms with E-state index in [0.29, 0.717) is 5.76 Å². The summed E-state index contributed by atoms with van der Waals surface area (Å²) in [6.45, 7) is 1.72. The first-order chi connectivity index (χ1) is 7.50. The topological polar surface area (TPSA) is 68.3 Å². The van der Waals surface area contributed by atoms with Crippen molar-refractivity contribution in [3.05, 3.63) is 28.3 Å². The second-order valence-corrected chi connectivity index (χ2v) is 4.20. The molecule has 5 nitrogen and oxygen atoms in total. The number of furan rings is 1. The zero-order valence-electron chi connectivity index (χ0n) is 8.69. The molecule has 6 heteroatoms. The third kappa shape index (κ3) is 1.65. The largest absolute Gasteiger partial charge is 0.475 e. The second-order valence-electron chi connectivity index (χ2n) is 3.35. The quantitative estimate of drug-likeness (QED) is 0.920. The maximum absolute atomic E-state index is 10.8. The molecule has 0 spiro atoms. The van der Waals surface area contributed by atoms with E-state index in [0.717, 1.165) is 15.7 Å². The number of halogens is 1. The first-order valence-corrected chi connectivity index (χ1v) is 5.31. The Morgan fingerprint density at radius 3 is 2.75 bits per heavy atom. The van der Waals surface area contributed by atoms with Gasteiger partial charge < -0.3 is 9.52 Å². The van der Waals surface area contributed by atoms with Crippen LogP contribution in [0.3, 0.4) is 0 Å². The van der Waals surface area contributed by atoms with Gasteiger partial charge in [0.15, 0.2) is 0 Å². The minimum Gasteiger partial charge on any atom is -0.475 e.